The minimum Gasteiger partial charge on any atom is -0.333 e. The van der Waals surface area contributed by atoms with Crippen LogP contribution >= 0.6 is 22.7 Å². The van der Waals surface area contributed by atoms with Crippen molar-refractivity contribution in [1.29, 1.82) is 0 Å². The molecule has 3 heterocycles. The van der Waals surface area contributed by atoms with Crippen LogP contribution in [-0.4, -0.2) is 29.3 Å². The number of allylic oxidation sites excluding steroid dienone is 1. The Labute approximate surface area is 147 Å². The number of thiazole rings is 1. The zero-order chi connectivity index (χ0) is 18.0. The molecule has 0 bridgehead atoms. The summed E-state index contributed by atoms with van der Waals surface area (Å²) >= 11 is 2.16. The first kappa shape index (κ1) is 17.8. The summed E-state index contributed by atoms with van der Waals surface area (Å²) in [5.74, 6) is -2.12. The fourth-order valence-electron chi connectivity index (χ4n) is 1.73. The number of nitrogens with zero attached hydrogens (tertiary/aromatic N) is 3. The van der Waals surface area contributed by atoms with Gasteiger partial charge in [0.05, 0.1) is 21.7 Å². The van der Waals surface area contributed by atoms with E-state index < -0.39 is 33.9 Å². The second-order valence-corrected chi connectivity index (χ2v) is 8.89. The predicted octanol–water partition coefficient (Wildman–Crippen LogP) is 4.16. The van der Waals surface area contributed by atoms with Crippen LogP contribution < -0.4 is 0 Å². The normalized spacial score (nSPS) is 11.6. The molecule has 0 N–H and O–H groups in total. The lowest BCUT2D eigenvalue weighted by Gasteiger charge is -1.98. The minimum absolute atomic E-state index is 0.156. The van der Waals surface area contributed by atoms with E-state index in [4.69, 9.17) is 4.52 Å². The number of thiophene rings is 1. The Kier molecular flexibility index (Phi) is 5.01. The summed E-state index contributed by atoms with van der Waals surface area (Å²) in [6, 6.07) is 3.60. The van der Waals surface area contributed by atoms with Crippen molar-refractivity contribution < 1.29 is 26.1 Å². The number of aromatic nitrogens is 3. The first-order valence-electron chi connectivity index (χ1n) is 6.63. The summed E-state index contributed by atoms with van der Waals surface area (Å²) in [6.45, 7) is 0. The lowest BCUT2D eigenvalue weighted by atomic mass is 10.4. The highest BCUT2D eigenvalue weighted by Gasteiger charge is 2.23. The zero-order valence-electron chi connectivity index (χ0n) is 12.1. The Morgan fingerprint density at radius 2 is 2.04 bits per heavy atom. The molecule has 0 aliphatic heterocycles. The van der Waals surface area contributed by atoms with E-state index in [1.165, 1.54) is 17.5 Å². The van der Waals surface area contributed by atoms with Crippen LogP contribution in [0.4, 0.5) is 13.2 Å². The van der Waals surface area contributed by atoms with Gasteiger partial charge in [0.15, 0.2) is 5.83 Å². The summed E-state index contributed by atoms with van der Waals surface area (Å²) in [6.07, 6.45) is -2.20. The molecule has 0 saturated carbocycles. The van der Waals surface area contributed by atoms with E-state index in [1.807, 2.05) is 11.4 Å². The Morgan fingerprint density at radius 3 is 2.72 bits per heavy atom. The van der Waals surface area contributed by atoms with Gasteiger partial charge in [-0.3, -0.25) is 0 Å². The van der Waals surface area contributed by atoms with Crippen LogP contribution in [0.3, 0.4) is 0 Å². The van der Waals surface area contributed by atoms with E-state index in [0.29, 0.717) is 4.88 Å². The van der Waals surface area contributed by atoms with Crippen LogP contribution in [0.5, 0.6) is 0 Å². The molecular formula is C13H8F3N3O3S3. The number of halogens is 3. The molecule has 0 atom stereocenters. The zero-order valence-corrected chi connectivity index (χ0v) is 14.6. The Hall–Kier alpha value is -2.05. The van der Waals surface area contributed by atoms with E-state index >= 15 is 0 Å². The third kappa shape index (κ3) is 3.96. The molecule has 0 saturated heterocycles. The SMILES string of the molecule is O=S(=O)(CCC(F)=C(F)F)c1ncc(-c2noc(-c3cccs3)n2)s1. The maximum Gasteiger partial charge on any atom is 0.301 e. The standard InChI is InChI=1S/C13H8F3N3O3S3/c14-7(10(15)16)3-5-25(20,21)13-17-6-9(24-13)11-18-12(22-19-11)8-2-1-4-23-8/h1-2,4,6H,3,5H2. The van der Waals surface area contributed by atoms with E-state index in [9.17, 15) is 21.6 Å². The number of rotatable bonds is 6. The van der Waals surface area contributed by atoms with Gasteiger partial charge in [0, 0.05) is 6.42 Å². The average molecular weight is 407 g/mol. The quantitative estimate of drug-likeness (QED) is 0.610. The fourth-order valence-corrected chi connectivity index (χ4v) is 4.82. The van der Waals surface area contributed by atoms with Gasteiger partial charge >= 0.3 is 6.08 Å². The highest BCUT2D eigenvalue weighted by Crippen LogP contribution is 2.30. The molecule has 0 aromatic carbocycles. The third-order valence-corrected chi connectivity index (χ3v) is 6.96. The summed E-state index contributed by atoms with van der Waals surface area (Å²) < 4.78 is 65.7. The molecule has 0 spiro atoms. The van der Waals surface area contributed by atoms with E-state index in [-0.39, 0.29) is 16.1 Å². The molecule has 0 radical (unpaired) electrons. The van der Waals surface area contributed by atoms with Crippen LogP contribution in [0.2, 0.25) is 0 Å². The van der Waals surface area contributed by atoms with Gasteiger partial charge in [-0.2, -0.15) is 13.8 Å². The number of hydrogen-bond donors (Lipinski definition) is 0. The highest BCUT2D eigenvalue weighted by atomic mass is 32.2. The topological polar surface area (TPSA) is 86.0 Å². The van der Waals surface area contributed by atoms with Crippen molar-refractivity contribution in [2.24, 2.45) is 0 Å². The van der Waals surface area contributed by atoms with Gasteiger partial charge < -0.3 is 4.52 Å². The summed E-state index contributed by atoms with van der Waals surface area (Å²) in [4.78, 5) is 8.99. The van der Waals surface area contributed by atoms with Crippen LogP contribution in [-0.2, 0) is 9.84 Å². The van der Waals surface area contributed by atoms with Crippen LogP contribution in [0.15, 0.2) is 44.5 Å². The number of sulfone groups is 1. The van der Waals surface area contributed by atoms with Crippen molar-refractivity contribution in [3.63, 3.8) is 0 Å². The first-order chi connectivity index (χ1) is 11.9. The van der Waals surface area contributed by atoms with E-state index in [2.05, 4.69) is 15.1 Å². The largest absolute Gasteiger partial charge is 0.333 e. The molecule has 132 valence electrons. The molecule has 3 aromatic heterocycles. The van der Waals surface area contributed by atoms with E-state index in [0.717, 1.165) is 16.2 Å². The van der Waals surface area contributed by atoms with Crippen molar-refractivity contribution >= 4 is 32.5 Å². The monoisotopic (exact) mass is 407 g/mol. The summed E-state index contributed by atoms with van der Waals surface area (Å²) in [5.41, 5.74) is 0. The Bertz CT molecular complexity index is 1010. The lowest BCUT2D eigenvalue weighted by Crippen LogP contribution is -2.06. The molecule has 25 heavy (non-hydrogen) atoms. The van der Waals surface area contributed by atoms with Crippen LogP contribution in [0, 0.1) is 0 Å². The predicted molar refractivity (Wildman–Crippen MR) is 85.7 cm³/mol. The molecule has 0 unspecified atom stereocenters. The molecule has 3 rings (SSSR count). The van der Waals surface area contributed by atoms with Crippen molar-refractivity contribution in [2.45, 2.75) is 10.8 Å². The third-order valence-electron chi connectivity index (χ3n) is 2.92. The van der Waals surface area contributed by atoms with Crippen LogP contribution in [0.1, 0.15) is 6.42 Å². The molecule has 0 fully saturated rings. The van der Waals surface area contributed by atoms with Gasteiger partial charge in [-0.15, -0.1) is 11.3 Å². The fraction of sp³-hybridized carbons (Fsp3) is 0.154. The van der Waals surface area contributed by atoms with Gasteiger partial charge in [-0.05, 0) is 11.4 Å². The van der Waals surface area contributed by atoms with Gasteiger partial charge in [-0.25, -0.2) is 17.8 Å². The molecule has 0 aliphatic carbocycles. The maximum absolute atomic E-state index is 12.8. The smallest absolute Gasteiger partial charge is 0.301 e. The molecule has 0 aliphatic rings. The second-order valence-electron chi connectivity index (χ2n) is 4.63. The second kappa shape index (κ2) is 7.06. The summed E-state index contributed by atoms with van der Waals surface area (Å²) in [7, 11) is -4.00. The van der Waals surface area contributed by atoms with Crippen molar-refractivity contribution in [3.8, 4) is 21.5 Å². The minimum atomic E-state index is -4.00. The first-order valence-corrected chi connectivity index (χ1v) is 9.98. The van der Waals surface area contributed by atoms with Crippen molar-refractivity contribution in [1.82, 2.24) is 15.1 Å². The van der Waals surface area contributed by atoms with Crippen molar-refractivity contribution in [3.05, 3.63) is 35.6 Å². The number of hydrogen-bond acceptors (Lipinski definition) is 8. The molecule has 0 amide bonds. The highest BCUT2D eigenvalue weighted by molar-refractivity contribution is 7.93. The lowest BCUT2D eigenvalue weighted by molar-refractivity contribution is 0.373. The summed E-state index contributed by atoms with van der Waals surface area (Å²) in [5, 5.41) is 5.60. The molecular weight excluding hydrogens is 399 g/mol. The van der Waals surface area contributed by atoms with Gasteiger partial charge in [0.25, 0.3) is 5.89 Å². The van der Waals surface area contributed by atoms with Gasteiger partial charge in [-0.1, -0.05) is 22.6 Å². The van der Waals surface area contributed by atoms with Gasteiger partial charge in [0.1, 0.15) is 0 Å². The average Bonchev–Trinajstić information content (AvgIpc) is 3.32. The molecule has 6 nitrogen and oxygen atoms in total. The van der Waals surface area contributed by atoms with E-state index in [1.54, 1.807) is 6.07 Å². The maximum atomic E-state index is 12.8. The van der Waals surface area contributed by atoms with Crippen LogP contribution in [0.25, 0.3) is 21.5 Å². The Balaban J connectivity index is 1.79. The van der Waals surface area contributed by atoms with Gasteiger partial charge in [0.2, 0.25) is 20.0 Å². The molecule has 3 aromatic rings. The Morgan fingerprint density at radius 1 is 1.24 bits per heavy atom. The van der Waals surface area contributed by atoms with Crippen molar-refractivity contribution in [2.75, 3.05) is 5.75 Å². The molecule has 12 heteroatoms.